The number of benzene rings is 2. The van der Waals surface area contributed by atoms with Crippen molar-refractivity contribution in [2.24, 2.45) is 17.8 Å². The van der Waals surface area contributed by atoms with E-state index in [1.807, 2.05) is 0 Å². The molecule has 1 saturated heterocycles. The van der Waals surface area contributed by atoms with Gasteiger partial charge in [-0.05, 0) is 70.6 Å². The summed E-state index contributed by atoms with van der Waals surface area (Å²) in [5.74, 6) is -0.770. The first kappa shape index (κ1) is 28.6. The first-order chi connectivity index (χ1) is 18.6. The van der Waals surface area contributed by atoms with Crippen LogP contribution in [0.5, 0.6) is 0 Å². The van der Waals surface area contributed by atoms with E-state index in [9.17, 15) is 26.0 Å². The zero-order valence-electron chi connectivity index (χ0n) is 23.1. The molecular formula is C28H34FN3O6S2. The number of nitrogens with zero attached hydrogens (tertiary/aromatic N) is 2. The summed E-state index contributed by atoms with van der Waals surface area (Å²) in [4.78, 5) is 11.1. The molecule has 2 aromatic carbocycles. The number of ether oxygens (including phenoxy) is 1. The predicted octanol–water partition coefficient (Wildman–Crippen LogP) is 4.59. The molecule has 0 spiro atoms. The van der Waals surface area contributed by atoms with Crippen LogP contribution in [0, 0.1) is 23.6 Å². The summed E-state index contributed by atoms with van der Waals surface area (Å²) in [5.41, 5.74) is -0.181. The zero-order chi connectivity index (χ0) is 29.2. The van der Waals surface area contributed by atoms with Gasteiger partial charge >= 0.3 is 6.09 Å². The lowest BCUT2D eigenvalue weighted by atomic mass is 10.2. The number of nitrogens with one attached hydrogen (secondary N) is 1. The van der Waals surface area contributed by atoms with Crippen molar-refractivity contribution in [2.75, 3.05) is 19.6 Å². The van der Waals surface area contributed by atoms with E-state index in [1.54, 1.807) is 58.9 Å². The van der Waals surface area contributed by atoms with Crippen LogP contribution in [0.3, 0.4) is 0 Å². The monoisotopic (exact) mass is 591 g/mol. The van der Waals surface area contributed by atoms with E-state index in [1.165, 1.54) is 21.0 Å². The number of alkyl carbamates (subject to hydrolysis) is 1. The maximum atomic E-state index is 14.8. The molecule has 2 heterocycles. The Morgan fingerprint density at radius 2 is 1.62 bits per heavy atom. The molecule has 1 aliphatic heterocycles. The van der Waals surface area contributed by atoms with Gasteiger partial charge in [-0.25, -0.2) is 26.0 Å². The Morgan fingerprint density at radius 3 is 2.23 bits per heavy atom. The van der Waals surface area contributed by atoms with E-state index in [0.717, 1.165) is 12.1 Å². The van der Waals surface area contributed by atoms with E-state index in [2.05, 4.69) is 5.32 Å². The molecule has 3 aromatic rings. The molecule has 2 atom stereocenters. The first-order valence-corrected chi connectivity index (χ1v) is 16.2. The minimum Gasteiger partial charge on any atom is -0.444 e. The van der Waals surface area contributed by atoms with Crippen molar-refractivity contribution in [1.29, 1.82) is 0 Å². The van der Waals surface area contributed by atoms with Crippen LogP contribution in [0.2, 0.25) is 0 Å². The Labute approximate surface area is 234 Å². The number of sulfone groups is 1. The van der Waals surface area contributed by atoms with Gasteiger partial charge in [0.05, 0.1) is 5.52 Å². The van der Waals surface area contributed by atoms with Crippen molar-refractivity contribution < 1.29 is 30.8 Å². The Hall–Kier alpha value is -2.96. The summed E-state index contributed by atoms with van der Waals surface area (Å²) in [5, 5.41) is 2.63. The highest BCUT2D eigenvalue weighted by molar-refractivity contribution is 7.93. The van der Waals surface area contributed by atoms with Crippen molar-refractivity contribution in [2.45, 2.75) is 61.1 Å². The lowest BCUT2D eigenvalue weighted by Gasteiger charge is -2.24. The molecule has 1 saturated carbocycles. The second-order valence-electron chi connectivity index (χ2n) is 11.7. The lowest BCUT2D eigenvalue weighted by Crippen LogP contribution is -2.37. The maximum absolute atomic E-state index is 14.8. The molecule has 2 unspecified atom stereocenters. The molecule has 40 heavy (non-hydrogen) atoms. The number of sulfonamides is 1. The summed E-state index contributed by atoms with van der Waals surface area (Å²) >= 11 is 0. The number of para-hydroxylation sites is 1. The van der Waals surface area contributed by atoms with Crippen LogP contribution in [-0.2, 0) is 24.6 Å². The number of rotatable bonds is 7. The van der Waals surface area contributed by atoms with Gasteiger partial charge in [0.2, 0.25) is 9.84 Å². The Kier molecular flexibility index (Phi) is 7.03. The fourth-order valence-electron chi connectivity index (χ4n) is 5.74. The van der Waals surface area contributed by atoms with Gasteiger partial charge in [-0.15, -0.1) is 0 Å². The van der Waals surface area contributed by atoms with E-state index >= 15 is 0 Å². The summed E-state index contributed by atoms with van der Waals surface area (Å²) in [7, 11) is -8.87. The van der Waals surface area contributed by atoms with Crippen LogP contribution >= 0.6 is 0 Å². The highest BCUT2D eigenvalue weighted by Crippen LogP contribution is 2.53. The summed E-state index contributed by atoms with van der Waals surface area (Å²) in [6, 6.07) is 11.2. The van der Waals surface area contributed by atoms with E-state index in [0.29, 0.717) is 12.1 Å². The van der Waals surface area contributed by atoms with Crippen molar-refractivity contribution >= 4 is 36.9 Å². The third-order valence-electron chi connectivity index (χ3n) is 7.54. The molecule has 1 amide bonds. The number of hydrogen-bond acceptors (Lipinski definition) is 6. The topological polar surface area (TPSA) is 115 Å². The Balaban J connectivity index is 1.51. The van der Waals surface area contributed by atoms with Gasteiger partial charge in [0.15, 0.2) is 5.03 Å². The van der Waals surface area contributed by atoms with Crippen molar-refractivity contribution in [3.05, 3.63) is 54.3 Å². The molecule has 1 aromatic heterocycles. The average molecular weight is 592 g/mol. The van der Waals surface area contributed by atoms with Crippen LogP contribution < -0.4 is 5.32 Å². The molecule has 5 rings (SSSR count). The van der Waals surface area contributed by atoms with Crippen molar-refractivity contribution in [3.8, 4) is 0 Å². The second-order valence-corrected chi connectivity index (χ2v) is 15.5. The van der Waals surface area contributed by atoms with Crippen LogP contribution in [0.1, 0.15) is 40.7 Å². The molecule has 12 heteroatoms. The summed E-state index contributed by atoms with van der Waals surface area (Å²) < 4.78 is 79.4. The van der Waals surface area contributed by atoms with Crippen molar-refractivity contribution in [3.63, 3.8) is 0 Å². The molecule has 0 radical (unpaired) electrons. The molecule has 1 N–H and O–H groups in total. The number of amides is 1. The van der Waals surface area contributed by atoms with Gasteiger partial charge in [0, 0.05) is 31.1 Å². The SMILES string of the molecule is CC(C)n1c(S(=O)(=O)N2CC3C(CNC(=O)OC(C)(C)C)C3C2)c(S(=O)(=O)c2ccccc2F)c2ccccc21. The highest BCUT2D eigenvalue weighted by Gasteiger charge is 2.58. The quantitative estimate of drug-likeness (QED) is 0.430. The smallest absolute Gasteiger partial charge is 0.407 e. The van der Waals surface area contributed by atoms with Crippen LogP contribution in [0.25, 0.3) is 10.9 Å². The van der Waals surface area contributed by atoms with E-state index in [4.69, 9.17) is 4.74 Å². The fourth-order valence-corrected chi connectivity index (χ4v) is 9.86. The van der Waals surface area contributed by atoms with Gasteiger partial charge in [-0.1, -0.05) is 30.3 Å². The Bertz CT molecular complexity index is 1680. The minimum absolute atomic E-state index is 0.0354. The van der Waals surface area contributed by atoms with Crippen LogP contribution in [-0.4, -0.2) is 57.0 Å². The van der Waals surface area contributed by atoms with Crippen LogP contribution in [0.4, 0.5) is 9.18 Å². The average Bonchev–Trinajstić information content (AvgIpc) is 3.17. The molecule has 9 nitrogen and oxygen atoms in total. The zero-order valence-corrected chi connectivity index (χ0v) is 24.7. The number of carbonyl (C=O) groups excluding carboxylic acids is 1. The summed E-state index contributed by atoms with van der Waals surface area (Å²) in [6.45, 7) is 9.67. The molecule has 2 aliphatic rings. The standard InChI is InChI=1S/C28H34FN3O6S2/c1-17(2)32-23-12-8-6-10-18(23)25(39(34,35)24-13-9-7-11-22(24)29)26(32)40(36,37)31-15-20-19(21(20)16-31)14-30-27(33)38-28(3,4)5/h6-13,17,19-21H,14-16H2,1-5H3,(H,30,33). The molecule has 0 bridgehead atoms. The van der Waals surface area contributed by atoms with E-state index < -0.39 is 53.2 Å². The Morgan fingerprint density at radius 1 is 1.02 bits per heavy atom. The number of fused-ring (bicyclic) bond motifs is 2. The van der Waals surface area contributed by atoms with Gasteiger partial charge in [0.1, 0.15) is 21.2 Å². The predicted molar refractivity (Wildman–Crippen MR) is 148 cm³/mol. The third-order valence-corrected chi connectivity index (χ3v) is 11.4. The number of hydrogen-bond donors (Lipinski definition) is 1. The van der Waals surface area contributed by atoms with Gasteiger partial charge in [-0.2, -0.15) is 4.31 Å². The first-order valence-electron chi connectivity index (χ1n) is 13.2. The largest absolute Gasteiger partial charge is 0.444 e. The summed E-state index contributed by atoms with van der Waals surface area (Å²) in [6.07, 6.45) is -0.522. The van der Waals surface area contributed by atoms with Crippen molar-refractivity contribution in [1.82, 2.24) is 14.2 Å². The normalized spacial score (nSPS) is 21.5. The molecule has 216 valence electrons. The van der Waals surface area contributed by atoms with Crippen LogP contribution in [0.15, 0.2) is 63.3 Å². The molecule has 1 aliphatic carbocycles. The second kappa shape index (κ2) is 9.85. The molecule has 2 fully saturated rings. The van der Waals surface area contributed by atoms with Gasteiger partial charge < -0.3 is 14.6 Å². The third kappa shape index (κ3) is 4.90. The van der Waals surface area contributed by atoms with Gasteiger partial charge in [0.25, 0.3) is 10.0 Å². The number of piperidine rings is 1. The fraction of sp³-hybridized carbons (Fsp3) is 0.464. The maximum Gasteiger partial charge on any atom is 0.407 e. The highest BCUT2D eigenvalue weighted by atomic mass is 32.2. The minimum atomic E-state index is -4.56. The van der Waals surface area contributed by atoms with E-state index in [-0.39, 0.29) is 41.3 Å². The molecular weight excluding hydrogens is 557 g/mol. The number of aromatic nitrogens is 1. The number of halogens is 1. The number of carbonyl (C=O) groups is 1. The lowest BCUT2D eigenvalue weighted by molar-refractivity contribution is 0.0523. The van der Waals surface area contributed by atoms with Gasteiger partial charge in [-0.3, -0.25) is 0 Å².